The van der Waals surface area contributed by atoms with Crippen LogP contribution in [0.5, 0.6) is 0 Å². The number of hydrogen-bond donors (Lipinski definition) is 0. The molecule has 2 nitrogen and oxygen atoms in total. The summed E-state index contributed by atoms with van der Waals surface area (Å²) in [6, 6.07) is 20.1. The molecule has 0 radical (unpaired) electrons. The lowest BCUT2D eigenvalue weighted by atomic mass is 10.0. The van der Waals surface area contributed by atoms with E-state index in [-0.39, 0.29) is 12.2 Å². The fourth-order valence-corrected chi connectivity index (χ4v) is 2.23. The second kappa shape index (κ2) is 7.61. The van der Waals surface area contributed by atoms with Crippen LogP contribution in [0.2, 0.25) is 0 Å². The van der Waals surface area contributed by atoms with Crippen LogP contribution in [0.3, 0.4) is 0 Å². The van der Waals surface area contributed by atoms with Gasteiger partial charge >= 0.3 is 0 Å². The van der Waals surface area contributed by atoms with Gasteiger partial charge < -0.3 is 9.53 Å². The van der Waals surface area contributed by atoms with Gasteiger partial charge in [-0.2, -0.15) is 0 Å². The van der Waals surface area contributed by atoms with E-state index in [0.717, 1.165) is 30.3 Å². The molecule has 20 heavy (non-hydrogen) atoms. The van der Waals surface area contributed by atoms with Crippen molar-refractivity contribution < 1.29 is 9.53 Å². The van der Waals surface area contributed by atoms with Gasteiger partial charge in [-0.3, -0.25) is 0 Å². The van der Waals surface area contributed by atoms with Crippen LogP contribution < -0.4 is 0 Å². The summed E-state index contributed by atoms with van der Waals surface area (Å²) in [5.74, 6) is 0. The highest BCUT2D eigenvalue weighted by molar-refractivity contribution is 5.56. The van der Waals surface area contributed by atoms with Gasteiger partial charge in [0.2, 0.25) is 0 Å². The van der Waals surface area contributed by atoms with Crippen molar-refractivity contribution in [2.75, 3.05) is 0 Å². The Hall–Kier alpha value is -1.93. The average molecular weight is 268 g/mol. The first-order valence-electron chi connectivity index (χ1n) is 7.05. The Kier molecular flexibility index (Phi) is 5.51. The van der Waals surface area contributed by atoms with E-state index in [1.54, 1.807) is 0 Å². The van der Waals surface area contributed by atoms with E-state index < -0.39 is 0 Å². The van der Waals surface area contributed by atoms with E-state index in [4.69, 9.17) is 4.74 Å². The first kappa shape index (κ1) is 14.5. The second-order valence-corrected chi connectivity index (χ2v) is 4.80. The van der Waals surface area contributed by atoms with Crippen molar-refractivity contribution in [3.63, 3.8) is 0 Å². The van der Waals surface area contributed by atoms with E-state index >= 15 is 0 Å². The molecule has 1 atom stereocenters. The number of benzene rings is 2. The first-order valence-corrected chi connectivity index (χ1v) is 7.05. The van der Waals surface area contributed by atoms with Crippen molar-refractivity contribution in [2.24, 2.45) is 0 Å². The van der Waals surface area contributed by atoms with Gasteiger partial charge in [0, 0.05) is 0 Å². The highest BCUT2D eigenvalue weighted by Gasteiger charge is 2.19. The van der Waals surface area contributed by atoms with Crippen LogP contribution in [0, 0.1) is 0 Å². The lowest BCUT2D eigenvalue weighted by Gasteiger charge is -2.22. The van der Waals surface area contributed by atoms with Crippen LogP contribution in [-0.2, 0) is 9.53 Å². The van der Waals surface area contributed by atoms with Crippen molar-refractivity contribution in [2.45, 2.75) is 32.0 Å². The Morgan fingerprint density at radius 3 is 1.85 bits per heavy atom. The molecule has 0 saturated heterocycles. The molecule has 2 rings (SSSR count). The van der Waals surface area contributed by atoms with Crippen LogP contribution in [0.15, 0.2) is 60.7 Å². The van der Waals surface area contributed by atoms with Gasteiger partial charge in [0.05, 0.1) is 0 Å². The third-order valence-corrected chi connectivity index (χ3v) is 3.24. The minimum atomic E-state index is -0.356. The van der Waals surface area contributed by atoms with E-state index in [9.17, 15) is 4.79 Å². The van der Waals surface area contributed by atoms with Gasteiger partial charge in [-0.05, 0) is 17.5 Å². The van der Waals surface area contributed by atoms with Gasteiger partial charge in [0.15, 0.2) is 0 Å². The molecule has 2 aromatic rings. The third kappa shape index (κ3) is 3.78. The molecule has 104 valence electrons. The van der Waals surface area contributed by atoms with Crippen molar-refractivity contribution >= 4 is 6.29 Å². The number of carbonyl (C=O) groups is 1. The van der Waals surface area contributed by atoms with Crippen LogP contribution in [0.25, 0.3) is 0 Å². The molecule has 0 aliphatic rings. The van der Waals surface area contributed by atoms with Crippen molar-refractivity contribution in [1.82, 2.24) is 0 Å². The number of rotatable bonds is 7. The average Bonchev–Trinajstić information content (AvgIpc) is 2.53. The quantitative estimate of drug-likeness (QED) is 0.705. The van der Waals surface area contributed by atoms with E-state index in [2.05, 4.69) is 6.92 Å². The highest BCUT2D eigenvalue weighted by Crippen LogP contribution is 2.27. The Morgan fingerprint density at radius 2 is 1.45 bits per heavy atom. The summed E-state index contributed by atoms with van der Waals surface area (Å²) in [4.78, 5) is 11.2. The topological polar surface area (TPSA) is 26.3 Å². The van der Waals surface area contributed by atoms with Gasteiger partial charge in [0.1, 0.15) is 18.5 Å². The fourth-order valence-electron chi connectivity index (χ4n) is 2.23. The number of hydrogen-bond acceptors (Lipinski definition) is 2. The number of aldehydes is 1. The van der Waals surface area contributed by atoms with Crippen molar-refractivity contribution in [3.8, 4) is 0 Å². The van der Waals surface area contributed by atoms with Gasteiger partial charge in [-0.1, -0.05) is 74.0 Å². The molecule has 0 heterocycles. The lowest BCUT2D eigenvalue weighted by molar-refractivity contribution is -0.121. The second-order valence-electron chi connectivity index (χ2n) is 4.80. The minimum Gasteiger partial charge on any atom is -0.358 e. The van der Waals surface area contributed by atoms with Crippen molar-refractivity contribution in [1.29, 1.82) is 0 Å². The molecule has 1 unspecified atom stereocenters. The summed E-state index contributed by atoms with van der Waals surface area (Å²) in [5, 5.41) is 0. The third-order valence-electron chi connectivity index (χ3n) is 3.24. The van der Waals surface area contributed by atoms with E-state index in [1.807, 2.05) is 60.7 Å². The monoisotopic (exact) mass is 268 g/mol. The summed E-state index contributed by atoms with van der Waals surface area (Å²) in [7, 11) is 0. The zero-order valence-electron chi connectivity index (χ0n) is 11.7. The molecule has 0 bridgehead atoms. The Morgan fingerprint density at radius 1 is 0.950 bits per heavy atom. The Bertz CT molecular complexity index is 468. The lowest BCUT2D eigenvalue weighted by Crippen LogP contribution is -2.19. The highest BCUT2D eigenvalue weighted by atomic mass is 16.5. The van der Waals surface area contributed by atoms with E-state index in [1.165, 1.54) is 0 Å². The molecule has 0 fully saturated rings. The molecule has 0 aliphatic heterocycles. The molecular formula is C18H20O2. The summed E-state index contributed by atoms with van der Waals surface area (Å²) >= 11 is 0. The standard InChI is InChI=1S/C18H20O2/c1-2-9-17(14-19)20-18(15-10-5-3-6-11-15)16-12-7-4-8-13-16/h3-8,10-14,17-18H,2,9H2,1H3. The maximum Gasteiger partial charge on any atom is 0.148 e. The summed E-state index contributed by atoms with van der Waals surface area (Å²) in [6.07, 6.45) is 2.03. The predicted octanol–water partition coefficient (Wildman–Crippen LogP) is 4.16. The van der Waals surface area contributed by atoms with E-state index in [0.29, 0.717) is 0 Å². The maximum absolute atomic E-state index is 11.2. The molecule has 0 saturated carbocycles. The van der Waals surface area contributed by atoms with Crippen molar-refractivity contribution in [3.05, 3.63) is 71.8 Å². The smallest absolute Gasteiger partial charge is 0.148 e. The molecule has 0 aromatic heterocycles. The summed E-state index contributed by atoms with van der Waals surface area (Å²) < 4.78 is 6.04. The molecular weight excluding hydrogens is 248 g/mol. The summed E-state index contributed by atoms with van der Waals surface area (Å²) in [6.45, 7) is 2.06. The molecule has 2 heteroatoms. The zero-order valence-corrected chi connectivity index (χ0v) is 11.7. The SMILES string of the molecule is CCCC(C=O)OC(c1ccccc1)c1ccccc1. The molecule has 2 aromatic carbocycles. The Balaban J connectivity index is 2.27. The Labute approximate surface area is 120 Å². The van der Waals surface area contributed by atoms with Crippen LogP contribution in [0.4, 0.5) is 0 Å². The fraction of sp³-hybridized carbons (Fsp3) is 0.278. The first-order chi connectivity index (χ1) is 9.85. The van der Waals surface area contributed by atoms with Crippen LogP contribution in [-0.4, -0.2) is 12.4 Å². The summed E-state index contributed by atoms with van der Waals surface area (Å²) in [5.41, 5.74) is 2.14. The number of ether oxygens (including phenoxy) is 1. The normalized spacial score (nSPS) is 12.3. The zero-order chi connectivity index (χ0) is 14.2. The van der Waals surface area contributed by atoms with Gasteiger partial charge in [-0.25, -0.2) is 0 Å². The van der Waals surface area contributed by atoms with Gasteiger partial charge in [0.25, 0.3) is 0 Å². The molecule has 0 N–H and O–H groups in total. The molecule has 0 aliphatic carbocycles. The van der Waals surface area contributed by atoms with Crippen LogP contribution >= 0.6 is 0 Å². The number of carbonyl (C=O) groups excluding carboxylic acids is 1. The largest absolute Gasteiger partial charge is 0.358 e. The van der Waals surface area contributed by atoms with Crippen LogP contribution in [0.1, 0.15) is 37.0 Å². The molecule has 0 amide bonds. The minimum absolute atomic E-state index is 0.195. The molecule has 0 spiro atoms. The predicted molar refractivity (Wildman–Crippen MR) is 80.6 cm³/mol. The maximum atomic E-state index is 11.2. The van der Waals surface area contributed by atoms with Gasteiger partial charge in [-0.15, -0.1) is 0 Å².